The topological polar surface area (TPSA) is 86.0 Å². The van der Waals surface area contributed by atoms with Crippen LogP contribution in [0, 0.1) is 5.92 Å². The summed E-state index contributed by atoms with van der Waals surface area (Å²) in [5.74, 6) is 1.16. The summed E-state index contributed by atoms with van der Waals surface area (Å²) in [6.07, 6.45) is 9.12. The molecule has 1 saturated carbocycles. The van der Waals surface area contributed by atoms with Gasteiger partial charge in [0.15, 0.2) is 0 Å². The van der Waals surface area contributed by atoms with E-state index in [4.69, 9.17) is 5.73 Å². The van der Waals surface area contributed by atoms with Gasteiger partial charge in [-0.2, -0.15) is 0 Å². The zero-order valence-electron chi connectivity index (χ0n) is 25.1. The molecular weight excluding hydrogens is 508 g/mol. The standard InChI is InChI=1S/C34H46N6O/c1-22(2)39(7)30(33(36-6)37-19-26-11-9-8-10-12-26)17-23(3)34(41)38-20-27-13-14-28-15-16-40(21-29(28)18-27)32-25(5)24(4)31(32)35/h13-14,17-18,26H,1,3-5,8-12,15-16,19-21,35H2,2,6-7H3,(H,36,37)(H,38,41)/b30-17-. The zero-order valence-corrected chi connectivity index (χ0v) is 25.1. The highest BCUT2D eigenvalue weighted by Gasteiger charge is 2.30. The number of allylic oxidation sites excluding steroid dienone is 3. The quantitative estimate of drug-likeness (QED) is 0.163. The summed E-state index contributed by atoms with van der Waals surface area (Å²) in [6, 6.07) is 6.42. The first kappa shape index (κ1) is 30.0. The summed E-state index contributed by atoms with van der Waals surface area (Å²) in [5, 5.41) is 6.58. The lowest BCUT2D eigenvalue weighted by Gasteiger charge is -2.39. The van der Waals surface area contributed by atoms with Crippen molar-refractivity contribution in [2.75, 3.05) is 27.2 Å². The van der Waals surface area contributed by atoms with E-state index in [-0.39, 0.29) is 5.91 Å². The van der Waals surface area contributed by atoms with Crippen LogP contribution in [0.1, 0.15) is 55.7 Å². The van der Waals surface area contributed by atoms with Crippen LogP contribution in [0.4, 0.5) is 0 Å². The maximum absolute atomic E-state index is 13.1. The molecule has 0 unspecified atom stereocenters. The molecule has 3 aliphatic rings. The highest BCUT2D eigenvalue weighted by molar-refractivity contribution is 6.02. The van der Waals surface area contributed by atoms with Crippen LogP contribution in [0.5, 0.6) is 0 Å². The van der Waals surface area contributed by atoms with E-state index in [0.29, 0.717) is 18.0 Å². The maximum Gasteiger partial charge on any atom is 0.251 e. The number of amides is 1. The number of rotatable bonds is 10. The fourth-order valence-electron chi connectivity index (χ4n) is 5.79. The zero-order chi connectivity index (χ0) is 29.7. The number of hydrogen-bond acceptors (Lipinski definition) is 5. The minimum atomic E-state index is -0.220. The smallest absolute Gasteiger partial charge is 0.251 e. The van der Waals surface area contributed by atoms with Gasteiger partial charge in [0.2, 0.25) is 0 Å². The molecule has 0 saturated heterocycles. The molecule has 7 nitrogen and oxygen atoms in total. The van der Waals surface area contributed by atoms with Crippen molar-refractivity contribution in [1.82, 2.24) is 20.4 Å². The van der Waals surface area contributed by atoms with E-state index in [1.165, 1.54) is 43.2 Å². The van der Waals surface area contributed by atoms with Crippen LogP contribution in [0.2, 0.25) is 0 Å². The Labute approximate surface area is 246 Å². The first-order valence-corrected chi connectivity index (χ1v) is 14.6. The van der Waals surface area contributed by atoms with Gasteiger partial charge in [0.1, 0.15) is 5.84 Å². The lowest BCUT2D eigenvalue weighted by atomic mass is 9.87. The molecule has 218 valence electrons. The summed E-state index contributed by atoms with van der Waals surface area (Å²) in [6.45, 7) is 21.2. The van der Waals surface area contributed by atoms with Gasteiger partial charge in [0, 0.05) is 62.7 Å². The number of nitrogens with zero attached hydrogens (tertiary/aromatic N) is 3. The van der Waals surface area contributed by atoms with Gasteiger partial charge < -0.3 is 26.2 Å². The molecule has 1 fully saturated rings. The molecule has 0 radical (unpaired) electrons. The summed E-state index contributed by atoms with van der Waals surface area (Å²) in [5.41, 5.74) is 15.3. The molecule has 1 aromatic rings. The van der Waals surface area contributed by atoms with Gasteiger partial charge in [-0.25, -0.2) is 0 Å². The van der Waals surface area contributed by atoms with Gasteiger partial charge in [-0.3, -0.25) is 9.79 Å². The fourth-order valence-corrected chi connectivity index (χ4v) is 5.79. The van der Waals surface area contributed by atoms with Crippen LogP contribution in [0.15, 0.2) is 95.1 Å². The van der Waals surface area contributed by atoms with Crippen LogP contribution in [0.25, 0.3) is 0 Å². The largest absolute Gasteiger partial charge is 0.397 e. The summed E-state index contributed by atoms with van der Waals surface area (Å²) >= 11 is 0. The summed E-state index contributed by atoms with van der Waals surface area (Å²) in [7, 11) is 3.70. The van der Waals surface area contributed by atoms with Gasteiger partial charge in [-0.15, -0.1) is 0 Å². The monoisotopic (exact) mass is 554 g/mol. The molecule has 2 aliphatic carbocycles. The number of nitrogens with two attached hydrogens (primary N) is 1. The Hall–Kier alpha value is -4.00. The number of benzene rings is 1. The minimum absolute atomic E-state index is 0.220. The van der Waals surface area contributed by atoms with E-state index >= 15 is 0 Å². The van der Waals surface area contributed by atoms with Crippen molar-refractivity contribution in [3.05, 3.63) is 107 Å². The second kappa shape index (κ2) is 13.1. The highest BCUT2D eigenvalue weighted by Crippen LogP contribution is 2.38. The first-order valence-electron chi connectivity index (χ1n) is 14.6. The molecule has 1 aromatic carbocycles. The minimum Gasteiger partial charge on any atom is -0.397 e. The SMILES string of the molecule is C=C(/C=C(/C(=NC)NCC1CCCCC1)N(C)C(=C)C)C(=O)NCc1ccc2c(c1)CN(C1=C(N)C(=C)C1=C)CC2. The molecule has 1 heterocycles. The van der Waals surface area contributed by atoms with Crippen LogP contribution in [-0.2, 0) is 24.3 Å². The molecule has 41 heavy (non-hydrogen) atoms. The molecule has 0 aromatic heterocycles. The maximum atomic E-state index is 13.1. The number of amidine groups is 1. The molecule has 4 rings (SSSR count). The number of hydrogen-bond donors (Lipinski definition) is 3. The number of carbonyl (C=O) groups excluding carboxylic acids is 1. The normalized spacial score (nSPS) is 18.1. The molecular formula is C34H46N6O. The number of nitrogens with one attached hydrogen (secondary N) is 2. The van der Waals surface area contributed by atoms with Crippen molar-refractivity contribution in [2.45, 2.75) is 58.5 Å². The Bertz CT molecular complexity index is 1340. The Balaban J connectivity index is 1.40. The fraction of sp³-hybridized carbons (Fsp3) is 0.412. The van der Waals surface area contributed by atoms with E-state index < -0.39 is 0 Å². The van der Waals surface area contributed by atoms with Crippen LogP contribution in [-0.4, -0.2) is 48.7 Å². The van der Waals surface area contributed by atoms with Crippen molar-refractivity contribution in [3.63, 3.8) is 0 Å². The highest BCUT2D eigenvalue weighted by atomic mass is 16.1. The van der Waals surface area contributed by atoms with Crippen molar-refractivity contribution in [1.29, 1.82) is 0 Å². The predicted octanol–water partition coefficient (Wildman–Crippen LogP) is 5.06. The lowest BCUT2D eigenvalue weighted by molar-refractivity contribution is -0.117. The first-order chi connectivity index (χ1) is 19.6. The number of carbonyl (C=O) groups is 1. The van der Waals surface area contributed by atoms with E-state index in [2.05, 4.69) is 65.0 Å². The van der Waals surface area contributed by atoms with E-state index in [9.17, 15) is 4.79 Å². The number of likely N-dealkylation sites (N-methyl/N-ethyl adjacent to an activating group) is 1. The predicted molar refractivity (Wildman–Crippen MR) is 170 cm³/mol. The van der Waals surface area contributed by atoms with Crippen molar-refractivity contribution >= 4 is 11.7 Å². The third-order valence-corrected chi connectivity index (χ3v) is 8.57. The van der Waals surface area contributed by atoms with Crippen LogP contribution >= 0.6 is 0 Å². The molecule has 4 N–H and O–H groups in total. The molecule has 0 atom stereocenters. The summed E-state index contributed by atoms with van der Waals surface area (Å²) < 4.78 is 0. The van der Waals surface area contributed by atoms with Gasteiger partial charge >= 0.3 is 0 Å². The van der Waals surface area contributed by atoms with Gasteiger partial charge in [0.05, 0.1) is 17.1 Å². The summed E-state index contributed by atoms with van der Waals surface area (Å²) in [4.78, 5) is 21.9. The molecule has 1 aliphatic heterocycles. The molecule has 0 spiro atoms. The van der Waals surface area contributed by atoms with Gasteiger partial charge in [-0.1, -0.05) is 63.8 Å². The van der Waals surface area contributed by atoms with Crippen LogP contribution in [0.3, 0.4) is 0 Å². The van der Waals surface area contributed by atoms with E-state index in [0.717, 1.165) is 71.4 Å². The Morgan fingerprint density at radius 1 is 1.15 bits per heavy atom. The number of aliphatic imine (C=N–C) groups is 1. The third kappa shape index (κ3) is 6.84. The van der Waals surface area contributed by atoms with Crippen molar-refractivity contribution < 1.29 is 4.79 Å². The Morgan fingerprint density at radius 3 is 2.54 bits per heavy atom. The lowest BCUT2D eigenvalue weighted by Crippen LogP contribution is -2.37. The van der Waals surface area contributed by atoms with Gasteiger partial charge in [0.25, 0.3) is 5.91 Å². The van der Waals surface area contributed by atoms with E-state index in [1.807, 2.05) is 18.9 Å². The third-order valence-electron chi connectivity index (χ3n) is 8.57. The molecule has 7 heteroatoms. The van der Waals surface area contributed by atoms with Crippen molar-refractivity contribution in [3.8, 4) is 0 Å². The van der Waals surface area contributed by atoms with E-state index in [1.54, 1.807) is 13.1 Å². The molecule has 0 bridgehead atoms. The second-order valence-corrected chi connectivity index (χ2v) is 11.5. The Kier molecular flexibility index (Phi) is 9.58. The molecule has 1 amide bonds. The van der Waals surface area contributed by atoms with Crippen molar-refractivity contribution in [2.24, 2.45) is 16.6 Å². The average molecular weight is 555 g/mol. The Morgan fingerprint density at radius 2 is 1.88 bits per heavy atom. The van der Waals surface area contributed by atoms with Gasteiger partial charge in [-0.05, 0) is 54.9 Å². The average Bonchev–Trinajstić information content (AvgIpc) is 2.99. The second-order valence-electron chi connectivity index (χ2n) is 11.5. The van der Waals surface area contributed by atoms with Crippen LogP contribution < -0.4 is 16.4 Å². The number of fused-ring (bicyclic) bond motifs is 1.